The van der Waals surface area contributed by atoms with Gasteiger partial charge in [-0.3, -0.25) is 52.9 Å². The summed E-state index contributed by atoms with van der Waals surface area (Å²) in [6.45, 7) is 9.45. The van der Waals surface area contributed by atoms with Crippen LogP contribution in [-0.4, -0.2) is 107 Å². The van der Waals surface area contributed by atoms with Crippen molar-refractivity contribution >= 4 is 64.7 Å². The van der Waals surface area contributed by atoms with E-state index in [9.17, 15) is 53.1 Å². The fourth-order valence-electron chi connectivity index (χ4n) is 8.95. The topological polar surface area (TPSA) is 408 Å². The van der Waals surface area contributed by atoms with Gasteiger partial charge in [0.1, 0.15) is 11.8 Å². The summed E-state index contributed by atoms with van der Waals surface area (Å²) in [5, 5.41) is 21.1. The predicted molar refractivity (Wildman–Crippen MR) is 296 cm³/mol. The van der Waals surface area contributed by atoms with Crippen LogP contribution in [0.15, 0.2) is 59.6 Å². The number of nitrogens with one attached hydrogen (secondary N) is 4. The number of Topliss-reactive ketones (excluding diaryl/α,β-unsaturated/α-hetero) is 3. The lowest BCUT2D eigenvalue weighted by Crippen LogP contribution is -2.50. The molecule has 0 saturated heterocycles. The van der Waals surface area contributed by atoms with Crippen molar-refractivity contribution in [3.05, 3.63) is 65.7 Å². The van der Waals surface area contributed by atoms with Crippen molar-refractivity contribution < 1.29 is 53.1 Å². The summed E-state index contributed by atoms with van der Waals surface area (Å²) >= 11 is 0. The van der Waals surface area contributed by atoms with Gasteiger partial charge >= 0.3 is 0 Å². The Morgan fingerprint density at radius 2 is 0.987 bits per heavy atom. The molecule has 2 aromatic rings. The van der Waals surface area contributed by atoms with Crippen molar-refractivity contribution in [1.29, 1.82) is 0 Å². The van der Waals surface area contributed by atoms with E-state index in [1.165, 1.54) is 12.1 Å². The minimum Gasteiger partial charge on any atom is -0.508 e. The van der Waals surface area contributed by atoms with Gasteiger partial charge in [0.25, 0.3) is 0 Å². The quantitative estimate of drug-likeness (QED) is 0.0258. The van der Waals surface area contributed by atoms with Crippen molar-refractivity contribution in [2.45, 2.75) is 162 Å². The molecular weight excluding hydrogens is 1000 g/mol. The third-order valence-corrected chi connectivity index (χ3v) is 13.3. The Morgan fingerprint density at radius 3 is 1.55 bits per heavy atom. The Balaban J connectivity index is 2.52. The maximum absolute atomic E-state index is 14.6. The fraction of sp³-hybridized carbons (Fsp3) is 0.589. The fourth-order valence-corrected chi connectivity index (χ4v) is 8.95. The average Bonchev–Trinajstić information content (AvgIpc) is 3.36. The van der Waals surface area contributed by atoms with E-state index in [1.54, 1.807) is 43.3 Å². The number of nitrogens with two attached hydrogens (primary N) is 6. The smallest absolute Gasteiger partial charge is 0.240 e. The number of ketones is 3. The van der Waals surface area contributed by atoms with E-state index >= 15 is 0 Å². The van der Waals surface area contributed by atoms with Crippen molar-refractivity contribution in [2.75, 3.05) is 13.1 Å². The number of carbonyl (C=O) groups is 10. The van der Waals surface area contributed by atoms with Crippen LogP contribution in [0.1, 0.15) is 136 Å². The van der Waals surface area contributed by atoms with Crippen LogP contribution < -0.4 is 55.7 Å². The van der Waals surface area contributed by atoms with Crippen molar-refractivity contribution in [3.8, 4) is 5.75 Å². The van der Waals surface area contributed by atoms with Crippen LogP contribution in [0, 0.1) is 35.5 Å². The molecule has 0 fully saturated rings. The maximum atomic E-state index is 14.6. The number of hydrogen-bond acceptors (Lipinski definition) is 13. The number of guanidine groups is 1. The number of aromatic hydroxyl groups is 1. The first-order valence-electron chi connectivity index (χ1n) is 27.0. The summed E-state index contributed by atoms with van der Waals surface area (Å²) in [5.74, 6) is -10.4. The Labute approximate surface area is 458 Å². The zero-order valence-electron chi connectivity index (χ0n) is 46.1. The number of rotatable bonds is 40. The molecule has 7 amide bonds. The summed E-state index contributed by atoms with van der Waals surface area (Å²) < 4.78 is 0. The standard InChI is InChI=1S/C56H87N11O11/c1-33(2)26-39(54(77)67-45(51(60)74)29-36-12-7-6-8-13-36)31-48(71)44(27-34(3)4)66-53(76)38(14-9-10-24-57)30-46(69)42(15-11-25-63-56(61)62)65-55(78)40(28-37-17-19-41(68)20-18-37)32-47(70)43(21-23-50(59)73)64-52(75)35(5)16-22-49(58)72/h6-8,12-13,17-20,33-35,38-40,42-45,68H,9-11,14-16,21-32,57H2,1-5H3,(H2,58,72)(H2,59,73)(H2,60,74)(H,64,75)(H,65,78)(H,66,76)(H,67,77)(H4,61,62,63)/t35-,38+,39+,40+,42-,43-,44-,45-/m0/s1. The molecule has 2 rings (SSSR count). The van der Waals surface area contributed by atoms with E-state index in [4.69, 9.17) is 34.4 Å². The van der Waals surface area contributed by atoms with E-state index in [1.807, 2.05) is 33.8 Å². The number of benzene rings is 2. The molecule has 0 saturated carbocycles. The number of carbonyl (C=O) groups excluding carboxylic acids is 10. The van der Waals surface area contributed by atoms with Gasteiger partial charge in [-0.05, 0) is 99.4 Å². The summed E-state index contributed by atoms with van der Waals surface area (Å²) in [5.41, 5.74) is 34.7. The van der Waals surface area contributed by atoms with E-state index < -0.39 is 119 Å². The highest BCUT2D eigenvalue weighted by molar-refractivity contribution is 5.98. The first kappa shape index (κ1) is 66.9. The lowest BCUT2D eigenvalue weighted by Gasteiger charge is -2.27. The van der Waals surface area contributed by atoms with Crippen molar-refractivity contribution in [1.82, 2.24) is 21.3 Å². The molecule has 0 aliphatic rings. The highest BCUT2D eigenvalue weighted by Gasteiger charge is 2.35. The van der Waals surface area contributed by atoms with Crippen molar-refractivity contribution in [2.24, 2.45) is 74.9 Å². The summed E-state index contributed by atoms with van der Waals surface area (Å²) in [7, 11) is 0. The minimum atomic E-state index is -1.27. The molecule has 0 bridgehead atoms. The number of hydrogen-bond donors (Lipinski definition) is 11. The molecule has 78 heavy (non-hydrogen) atoms. The number of aliphatic imine (C=N–C) groups is 1. The SMILES string of the molecule is CC(C)C[C@H](CC(=O)[C@H](CC(C)C)NC(=O)[C@H](CCCCN)CC(=O)[C@H](CCCN=C(N)N)NC(=O)[C@@H](CC(=O)[C@H](CCC(N)=O)NC(=O)[C@@H](C)CCC(N)=O)Cc1ccc(O)cc1)C(=O)N[C@@H](Cc1ccccc1)C(N)=O. The van der Waals surface area contributed by atoms with Gasteiger partial charge < -0.3 is 60.8 Å². The lowest BCUT2D eigenvalue weighted by atomic mass is 9.86. The Morgan fingerprint density at radius 1 is 0.500 bits per heavy atom. The maximum Gasteiger partial charge on any atom is 0.240 e. The van der Waals surface area contributed by atoms with E-state index in [0.717, 1.165) is 5.56 Å². The summed E-state index contributed by atoms with van der Waals surface area (Å²) in [6, 6.07) is 10.3. The van der Waals surface area contributed by atoms with Gasteiger partial charge in [-0.1, -0.05) is 83.5 Å². The normalized spacial score (nSPS) is 14.3. The van der Waals surface area contributed by atoms with Gasteiger partial charge in [-0.2, -0.15) is 0 Å². The molecule has 0 spiro atoms. The molecule has 0 aliphatic carbocycles. The first-order chi connectivity index (χ1) is 36.8. The number of phenols is 1. The van der Waals surface area contributed by atoms with Gasteiger partial charge in [-0.25, -0.2) is 0 Å². The molecular formula is C56H87N11O11. The largest absolute Gasteiger partial charge is 0.508 e. The second kappa shape index (κ2) is 35.2. The van der Waals surface area contributed by atoms with Crippen LogP contribution in [0.5, 0.6) is 5.75 Å². The molecule has 2 aromatic carbocycles. The van der Waals surface area contributed by atoms with Crippen LogP contribution in [0.2, 0.25) is 0 Å². The van der Waals surface area contributed by atoms with Crippen LogP contribution >= 0.6 is 0 Å². The zero-order valence-corrected chi connectivity index (χ0v) is 46.1. The van der Waals surface area contributed by atoms with Crippen molar-refractivity contribution in [3.63, 3.8) is 0 Å². The summed E-state index contributed by atoms with van der Waals surface area (Å²) in [6.07, 6.45) is 0.233. The highest BCUT2D eigenvalue weighted by atomic mass is 16.3. The monoisotopic (exact) mass is 1090 g/mol. The number of amides is 7. The van der Waals surface area contributed by atoms with Crippen LogP contribution in [0.4, 0.5) is 0 Å². The summed E-state index contributed by atoms with van der Waals surface area (Å²) in [4.78, 5) is 139. The van der Waals surface area contributed by atoms with Crippen LogP contribution in [0.25, 0.3) is 0 Å². The molecule has 0 heterocycles. The zero-order chi connectivity index (χ0) is 58.5. The van der Waals surface area contributed by atoms with Gasteiger partial charge in [-0.15, -0.1) is 0 Å². The third kappa shape index (κ3) is 26.7. The molecule has 22 nitrogen and oxygen atoms in total. The Bertz CT molecular complexity index is 2320. The van der Waals surface area contributed by atoms with Crippen LogP contribution in [0.3, 0.4) is 0 Å². The van der Waals surface area contributed by atoms with E-state index in [0.29, 0.717) is 31.4 Å². The molecule has 0 aromatic heterocycles. The highest BCUT2D eigenvalue weighted by Crippen LogP contribution is 2.24. The molecule has 432 valence electrons. The first-order valence-corrected chi connectivity index (χ1v) is 27.0. The third-order valence-electron chi connectivity index (χ3n) is 13.3. The molecule has 22 heteroatoms. The number of nitrogens with zero attached hydrogens (tertiary/aromatic N) is 1. The molecule has 0 aliphatic heterocycles. The minimum absolute atomic E-state index is 0.00538. The Hall–Kier alpha value is -7.23. The van der Waals surface area contributed by atoms with E-state index in [-0.39, 0.29) is 101 Å². The van der Waals surface area contributed by atoms with Gasteiger partial charge in [0.05, 0.1) is 18.1 Å². The number of primary amides is 3. The molecule has 17 N–H and O–H groups in total. The Kier molecular flexibility index (Phi) is 30.2. The lowest BCUT2D eigenvalue weighted by molar-refractivity contribution is -0.136. The number of unbranched alkanes of at least 4 members (excludes halogenated alkanes) is 1. The van der Waals surface area contributed by atoms with Gasteiger partial charge in [0.2, 0.25) is 41.4 Å². The van der Waals surface area contributed by atoms with Gasteiger partial charge in [0.15, 0.2) is 23.3 Å². The van der Waals surface area contributed by atoms with E-state index in [2.05, 4.69) is 26.3 Å². The van der Waals surface area contributed by atoms with Gasteiger partial charge in [0, 0.05) is 68.7 Å². The molecule has 0 unspecified atom stereocenters. The second-order valence-corrected chi connectivity index (χ2v) is 21.2. The number of phenolic OH excluding ortho intramolecular Hbond substituents is 1. The van der Waals surface area contributed by atoms with Crippen LogP contribution in [-0.2, 0) is 60.8 Å². The predicted octanol–water partition coefficient (Wildman–Crippen LogP) is 1.77. The molecule has 0 radical (unpaired) electrons. The molecule has 8 atom stereocenters. The average molecular weight is 1090 g/mol. The second-order valence-electron chi connectivity index (χ2n) is 21.2.